The minimum Gasteiger partial charge on any atom is -0.507 e. The van der Waals surface area contributed by atoms with Gasteiger partial charge in [0.15, 0.2) is 0 Å². The van der Waals surface area contributed by atoms with Gasteiger partial charge in [-0.15, -0.1) is 0 Å². The molecule has 180 valence electrons. The van der Waals surface area contributed by atoms with E-state index in [0.717, 1.165) is 17.5 Å². The van der Waals surface area contributed by atoms with Gasteiger partial charge in [0, 0.05) is 11.3 Å². The van der Waals surface area contributed by atoms with Gasteiger partial charge < -0.3 is 9.84 Å². The second kappa shape index (κ2) is 9.79. The van der Waals surface area contributed by atoms with E-state index in [1.54, 1.807) is 36.4 Å². The summed E-state index contributed by atoms with van der Waals surface area (Å²) in [5.41, 5.74) is 2.94. The lowest BCUT2D eigenvalue weighted by atomic mass is 9.85. The third-order valence-corrected chi connectivity index (χ3v) is 6.15. The van der Waals surface area contributed by atoms with E-state index in [2.05, 4.69) is 20.8 Å². The molecular formula is C30H31NO4. The summed E-state index contributed by atoms with van der Waals surface area (Å²) in [6.45, 7) is 8.95. The van der Waals surface area contributed by atoms with Crippen LogP contribution in [0.3, 0.4) is 0 Å². The first-order valence-electron chi connectivity index (χ1n) is 11.9. The zero-order chi connectivity index (χ0) is 25.2. The van der Waals surface area contributed by atoms with Crippen LogP contribution in [0.4, 0.5) is 5.69 Å². The van der Waals surface area contributed by atoms with Gasteiger partial charge in [0.1, 0.15) is 11.5 Å². The summed E-state index contributed by atoms with van der Waals surface area (Å²) in [7, 11) is 0. The molecule has 0 bridgehead atoms. The molecule has 5 nitrogen and oxygen atoms in total. The highest BCUT2D eigenvalue weighted by molar-refractivity contribution is 6.51. The Morgan fingerprint density at radius 1 is 0.943 bits per heavy atom. The highest BCUT2D eigenvalue weighted by Crippen LogP contribution is 2.42. The average Bonchev–Trinajstić information content (AvgIpc) is 3.13. The predicted octanol–water partition coefficient (Wildman–Crippen LogP) is 6.40. The molecule has 1 aliphatic heterocycles. The molecule has 3 aromatic carbocycles. The van der Waals surface area contributed by atoms with Crippen molar-refractivity contribution in [2.75, 3.05) is 11.5 Å². The number of nitrogens with zero attached hydrogens (tertiary/aromatic N) is 1. The van der Waals surface area contributed by atoms with Crippen LogP contribution in [0.5, 0.6) is 5.75 Å². The van der Waals surface area contributed by atoms with Crippen LogP contribution < -0.4 is 9.64 Å². The summed E-state index contributed by atoms with van der Waals surface area (Å²) in [5, 5.41) is 11.4. The van der Waals surface area contributed by atoms with Gasteiger partial charge in [-0.05, 0) is 47.2 Å². The molecule has 1 amide bonds. The molecule has 3 aromatic rings. The zero-order valence-electron chi connectivity index (χ0n) is 20.6. The number of carbonyl (C=O) groups excluding carboxylic acids is 2. The molecule has 0 aliphatic carbocycles. The molecule has 1 atom stereocenters. The smallest absolute Gasteiger partial charge is 0.300 e. The van der Waals surface area contributed by atoms with Crippen LogP contribution >= 0.6 is 0 Å². The van der Waals surface area contributed by atoms with E-state index in [1.165, 1.54) is 4.90 Å². The van der Waals surface area contributed by atoms with Gasteiger partial charge in [0.25, 0.3) is 11.7 Å². The third kappa shape index (κ3) is 4.85. The number of hydrogen-bond acceptors (Lipinski definition) is 4. The molecular weight excluding hydrogens is 438 g/mol. The fraction of sp³-hybridized carbons (Fsp3) is 0.267. The number of rotatable bonds is 6. The van der Waals surface area contributed by atoms with Crippen molar-refractivity contribution in [3.63, 3.8) is 0 Å². The van der Waals surface area contributed by atoms with Gasteiger partial charge in [0.2, 0.25) is 0 Å². The van der Waals surface area contributed by atoms with Crippen molar-refractivity contribution in [2.45, 2.75) is 45.6 Å². The number of ether oxygens (including phenoxy) is 1. The molecule has 0 saturated carbocycles. The maximum Gasteiger partial charge on any atom is 0.300 e. The standard InChI is InChI=1S/C30H31NO4/c1-5-18-35-24-13-9-10-21(19-24)27(32)25-26(20-14-16-22(17-15-20)30(2,3)4)31(29(34)28(25)33)23-11-7-6-8-12-23/h6-17,19,26,32H,5,18H2,1-4H3/b27-25-. The first-order chi connectivity index (χ1) is 16.7. The van der Waals surface area contributed by atoms with Crippen LogP contribution in [0.15, 0.2) is 84.4 Å². The number of ketones is 1. The van der Waals surface area contributed by atoms with Crippen LogP contribution in [0.1, 0.15) is 56.8 Å². The lowest BCUT2D eigenvalue weighted by Crippen LogP contribution is -2.29. The number of anilines is 1. The van der Waals surface area contributed by atoms with E-state index < -0.39 is 17.7 Å². The maximum absolute atomic E-state index is 13.3. The van der Waals surface area contributed by atoms with Crippen molar-refractivity contribution in [2.24, 2.45) is 0 Å². The molecule has 4 rings (SSSR count). The number of para-hydroxylation sites is 1. The summed E-state index contributed by atoms with van der Waals surface area (Å²) >= 11 is 0. The van der Waals surface area contributed by atoms with Gasteiger partial charge in [-0.1, -0.05) is 82.3 Å². The fourth-order valence-corrected chi connectivity index (χ4v) is 4.28. The summed E-state index contributed by atoms with van der Waals surface area (Å²) in [4.78, 5) is 28.1. The maximum atomic E-state index is 13.3. The molecule has 0 aromatic heterocycles. The quantitative estimate of drug-likeness (QED) is 0.258. The van der Waals surface area contributed by atoms with Crippen LogP contribution in [0.25, 0.3) is 5.76 Å². The van der Waals surface area contributed by atoms with Crippen molar-refractivity contribution in [3.8, 4) is 5.75 Å². The number of hydrogen-bond donors (Lipinski definition) is 1. The second-order valence-electron chi connectivity index (χ2n) is 9.75. The topological polar surface area (TPSA) is 66.8 Å². The lowest BCUT2D eigenvalue weighted by Gasteiger charge is -2.26. The summed E-state index contributed by atoms with van der Waals surface area (Å²) in [6, 6.07) is 23.2. The van der Waals surface area contributed by atoms with E-state index in [0.29, 0.717) is 23.6 Å². The Labute approximate surface area is 206 Å². The Kier molecular flexibility index (Phi) is 6.79. The predicted molar refractivity (Wildman–Crippen MR) is 139 cm³/mol. The molecule has 35 heavy (non-hydrogen) atoms. The largest absolute Gasteiger partial charge is 0.507 e. The molecule has 1 heterocycles. The van der Waals surface area contributed by atoms with E-state index in [1.807, 2.05) is 49.4 Å². The lowest BCUT2D eigenvalue weighted by molar-refractivity contribution is -0.132. The number of amides is 1. The summed E-state index contributed by atoms with van der Waals surface area (Å²) < 4.78 is 5.71. The van der Waals surface area contributed by atoms with Crippen molar-refractivity contribution >= 4 is 23.1 Å². The Morgan fingerprint density at radius 2 is 1.63 bits per heavy atom. The number of aliphatic hydroxyl groups is 1. The Balaban J connectivity index is 1.87. The minimum atomic E-state index is -0.758. The number of benzene rings is 3. The van der Waals surface area contributed by atoms with E-state index in [-0.39, 0.29) is 16.7 Å². The first kappa shape index (κ1) is 24.3. The van der Waals surface area contributed by atoms with Crippen LogP contribution in [0, 0.1) is 0 Å². The van der Waals surface area contributed by atoms with Gasteiger partial charge in [-0.25, -0.2) is 0 Å². The Morgan fingerprint density at radius 3 is 2.26 bits per heavy atom. The van der Waals surface area contributed by atoms with Gasteiger partial charge in [-0.2, -0.15) is 0 Å². The highest BCUT2D eigenvalue weighted by atomic mass is 16.5. The molecule has 0 spiro atoms. The van der Waals surface area contributed by atoms with E-state index >= 15 is 0 Å². The monoisotopic (exact) mass is 469 g/mol. The zero-order valence-corrected chi connectivity index (χ0v) is 20.6. The van der Waals surface area contributed by atoms with Gasteiger partial charge >= 0.3 is 0 Å². The number of Topliss-reactive ketones (excluding diaryl/α,β-unsaturated/α-hetero) is 1. The van der Waals surface area contributed by atoms with Gasteiger partial charge in [0.05, 0.1) is 18.2 Å². The first-order valence-corrected chi connectivity index (χ1v) is 11.9. The molecule has 1 fully saturated rings. The van der Waals surface area contributed by atoms with Crippen molar-refractivity contribution in [3.05, 3.63) is 101 Å². The second-order valence-corrected chi connectivity index (χ2v) is 9.75. The minimum absolute atomic E-state index is 0.0430. The van der Waals surface area contributed by atoms with Crippen LogP contribution in [0.2, 0.25) is 0 Å². The highest BCUT2D eigenvalue weighted by Gasteiger charge is 2.47. The molecule has 5 heteroatoms. The molecule has 0 radical (unpaired) electrons. The number of aliphatic hydroxyl groups excluding tert-OH is 1. The van der Waals surface area contributed by atoms with Crippen molar-refractivity contribution in [1.29, 1.82) is 0 Å². The average molecular weight is 470 g/mol. The van der Waals surface area contributed by atoms with E-state index in [9.17, 15) is 14.7 Å². The van der Waals surface area contributed by atoms with Crippen LogP contribution in [-0.4, -0.2) is 23.4 Å². The fourth-order valence-electron chi connectivity index (χ4n) is 4.28. The van der Waals surface area contributed by atoms with Gasteiger partial charge in [-0.3, -0.25) is 14.5 Å². The normalized spacial score (nSPS) is 17.6. The molecule has 1 unspecified atom stereocenters. The van der Waals surface area contributed by atoms with Crippen molar-refractivity contribution in [1.82, 2.24) is 0 Å². The molecule has 1 N–H and O–H groups in total. The summed E-state index contributed by atoms with van der Waals surface area (Å²) in [5.74, 6) is -0.995. The van der Waals surface area contributed by atoms with Crippen LogP contribution in [-0.2, 0) is 15.0 Å². The number of carbonyl (C=O) groups is 2. The third-order valence-electron chi connectivity index (χ3n) is 6.15. The molecule has 1 aliphatic rings. The Bertz CT molecular complexity index is 1250. The summed E-state index contributed by atoms with van der Waals surface area (Å²) in [6.07, 6.45) is 0.850. The van der Waals surface area contributed by atoms with Crippen molar-refractivity contribution < 1.29 is 19.4 Å². The van der Waals surface area contributed by atoms with E-state index in [4.69, 9.17) is 4.74 Å². The molecule has 1 saturated heterocycles. The Hall–Kier alpha value is -3.86. The SMILES string of the molecule is CCCOc1cccc(/C(O)=C2/C(=O)C(=O)N(c3ccccc3)C2c2ccc(C(C)(C)C)cc2)c1.